The van der Waals surface area contributed by atoms with Crippen LogP contribution in [0.2, 0.25) is 0 Å². The lowest BCUT2D eigenvalue weighted by Crippen LogP contribution is -2.40. The van der Waals surface area contributed by atoms with Gasteiger partial charge >= 0.3 is 19.9 Å². The number of nitrogens with one attached hydrogen (secondary N) is 1. The van der Waals surface area contributed by atoms with Gasteiger partial charge in [0, 0.05) is 29.9 Å². The second-order valence-electron chi connectivity index (χ2n) is 9.65. The number of aromatic nitrogens is 2. The van der Waals surface area contributed by atoms with Crippen LogP contribution >= 0.6 is 8.25 Å². The molecule has 0 saturated carbocycles. The molecule has 38 heavy (non-hydrogen) atoms. The topological polar surface area (TPSA) is 177 Å². The second-order valence-corrected chi connectivity index (χ2v) is 10.3. The Kier molecular flexibility index (Phi) is 15.6. The van der Waals surface area contributed by atoms with E-state index in [0.717, 1.165) is 55.6 Å². The summed E-state index contributed by atoms with van der Waals surface area (Å²) in [6, 6.07) is 1.12. The molecule has 4 N–H and O–H groups in total. The standard InChI is InChI=1S/C25H41N2O10P/c28-18-19-22(23(37-38(33)34)24(36-19)27-16-15-20(29)26-25(27)32)35-17-13-11-9-7-5-3-1-2-4-6-8-10-12-14-21(30)31/h15-16,19,22-24,28H,1-14,17-18H2,(H2-,26,29,30,31,32,33,34)/p+1/t19-,22?,23+,24-/m1/s1. The zero-order valence-electron chi connectivity index (χ0n) is 21.9. The minimum absolute atomic E-state index is 0.270. The minimum Gasteiger partial charge on any atom is -0.481 e. The van der Waals surface area contributed by atoms with Crippen LogP contribution in [-0.4, -0.2) is 62.2 Å². The molecule has 5 atom stereocenters. The first-order valence-corrected chi connectivity index (χ1v) is 14.7. The number of hydrogen-bond donors (Lipinski definition) is 4. The first-order chi connectivity index (χ1) is 18.3. The monoisotopic (exact) mass is 561 g/mol. The van der Waals surface area contributed by atoms with Crippen molar-refractivity contribution in [1.29, 1.82) is 0 Å². The van der Waals surface area contributed by atoms with E-state index in [-0.39, 0.29) is 6.42 Å². The molecular formula is C25H42N2O10P+. The van der Waals surface area contributed by atoms with E-state index in [9.17, 15) is 28.9 Å². The summed E-state index contributed by atoms with van der Waals surface area (Å²) in [5, 5.41) is 18.4. The highest BCUT2D eigenvalue weighted by molar-refractivity contribution is 7.32. The highest BCUT2D eigenvalue weighted by atomic mass is 31.1. The van der Waals surface area contributed by atoms with Crippen molar-refractivity contribution in [3.8, 4) is 0 Å². The highest BCUT2D eigenvalue weighted by Crippen LogP contribution is 2.37. The molecule has 216 valence electrons. The predicted molar refractivity (Wildman–Crippen MR) is 139 cm³/mol. The summed E-state index contributed by atoms with van der Waals surface area (Å²) in [5.41, 5.74) is -1.36. The van der Waals surface area contributed by atoms with Crippen LogP contribution in [0.3, 0.4) is 0 Å². The number of aliphatic hydroxyl groups is 1. The molecule has 1 aliphatic heterocycles. The summed E-state index contributed by atoms with van der Waals surface area (Å²) >= 11 is 0. The van der Waals surface area contributed by atoms with Gasteiger partial charge in [-0.2, -0.15) is 0 Å². The number of carboxylic acids is 1. The Labute approximate surface area is 223 Å². The number of hydrogen-bond acceptors (Lipinski definition) is 8. The van der Waals surface area contributed by atoms with Crippen LogP contribution < -0.4 is 11.2 Å². The molecule has 1 fully saturated rings. The molecule has 1 aromatic heterocycles. The van der Waals surface area contributed by atoms with Crippen LogP contribution in [0.4, 0.5) is 0 Å². The van der Waals surface area contributed by atoms with E-state index >= 15 is 0 Å². The van der Waals surface area contributed by atoms with E-state index in [1.54, 1.807) is 0 Å². The third-order valence-electron chi connectivity index (χ3n) is 6.65. The normalized spacial score (nSPS) is 21.6. The van der Waals surface area contributed by atoms with Crippen molar-refractivity contribution in [3.63, 3.8) is 0 Å². The zero-order valence-corrected chi connectivity index (χ0v) is 22.8. The van der Waals surface area contributed by atoms with Gasteiger partial charge in [0.05, 0.1) is 6.61 Å². The number of carbonyl (C=O) groups is 1. The Morgan fingerprint density at radius 3 is 2.00 bits per heavy atom. The molecule has 0 aromatic carbocycles. The Morgan fingerprint density at radius 1 is 0.947 bits per heavy atom. The molecule has 13 heteroatoms. The number of aliphatic carboxylic acids is 1. The molecule has 1 aromatic rings. The summed E-state index contributed by atoms with van der Waals surface area (Å²) in [6.07, 6.45) is 11.4. The van der Waals surface area contributed by atoms with Gasteiger partial charge in [-0.15, -0.1) is 9.42 Å². The molecule has 1 aliphatic rings. The van der Waals surface area contributed by atoms with Gasteiger partial charge in [0.2, 0.25) is 0 Å². The first-order valence-electron chi connectivity index (χ1n) is 13.6. The summed E-state index contributed by atoms with van der Waals surface area (Å²) in [7, 11) is -3.03. The molecule has 1 saturated heterocycles. The van der Waals surface area contributed by atoms with Crippen LogP contribution in [-0.2, 0) is 23.4 Å². The van der Waals surface area contributed by atoms with Crippen LogP contribution in [0.15, 0.2) is 21.9 Å². The van der Waals surface area contributed by atoms with E-state index in [1.807, 2.05) is 0 Å². The van der Waals surface area contributed by atoms with Crippen molar-refractivity contribution >= 4 is 14.2 Å². The summed E-state index contributed by atoms with van der Waals surface area (Å²) in [6.45, 7) is -0.0988. The molecule has 0 amide bonds. The Hall–Kier alpha value is -1.95. The van der Waals surface area contributed by atoms with Gasteiger partial charge in [-0.25, -0.2) is 4.79 Å². The lowest BCUT2D eigenvalue weighted by molar-refractivity contribution is -0.137. The number of nitrogens with zero attached hydrogens (tertiary/aromatic N) is 1. The van der Waals surface area contributed by atoms with Gasteiger partial charge < -0.3 is 19.7 Å². The van der Waals surface area contributed by atoms with Crippen molar-refractivity contribution in [3.05, 3.63) is 33.1 Å². The fourth-order valence-electron chi connectivity index (χ4n) is 4.67. The molecule has 0 spiro atoms. The number of carboxylic acid groups (broad SMARTS) is 1. The van der Waals surface area contributed by atoms with E-state index in [2.05, 4.69) is 4.98 Å². The van der Waals surface area contributed by atoms with Gasteiger partial charge in [-0.1, -0.05) is 70.6 Å². The van der Waals surface area contributed by atoms with E-state index in [4.69, 9.17) is 19.1 Å². The number of unbranched alkanes of at least 4 members (excludes halogenated alkanes) is 12. The quantitative estimate of drug-likeness (QED) is 0.128. The van der Waals surface area contributed by atoms with E-state index < -0.39 is 56.6 Å². The Morgan fingerprint density at radius 2 is 1.50 bits per heavy atom. The molecule has 2 heterocycles. The third-order valence-corrected chi connectivity index (χ3v) is 7.07. The SMILES string of the molecule is O=C(O)CCCCCCCCCCCCCCCOC1[C@@H](CO)O[C@@H](n2ccc(=O)[nH]c2=O)[C@H]1O[P+](=O)O. The summed E-state index contributed by atoms with van der Waals surface area (Å²) < 4.78 is 29.2. The zero-order chi connectivity index (χ0) is 27.8. The van der Waals surface area contributed by atoms with Crippen LogP contribution in [0, 0.1) is 0 Å². The van der Waals surface area contributed by atoms with E-state index in [0.29, 0.717) is 6.61 Å². The largest absolute Gasteiger partial charge is 0.695 e. The van der Waals surface area contributed by atoms with Crippen LogP contribution in [0.1, 0.15) is 96.1 Å². The van der Waals surface area contributed by atoms with Gasteiger partial charge in [0.15, 0.2) is 12.3 Å². The maximum absolute atomic E-state index is 12.2. The maximum atomic E-state index is 12.2. The number of ether oxygens (including phenoxy) is 2. The highest BCUT2D eigenvalue weighted by Gasteiger charge is 2.51. The maximum Gasteiger partial charge on any atom is 0.695 e. The number of aliphatic hydroxyl groups excluding tert-OH is 1. The van der Waals surface area contributed by atoms with E-state index in [1.165, 1.54) is 44.7 Å². The van der Waals surface area contributed by atoms with Crippen LogP contribution in [0.5, 0.6) is 0 Å². The Balaban J connectivity index is 1.62. The van der Waals surface area contributed by atoms with Crippen molar-refractivity contribution in [1.82, 2.24) is 9.55 Å². The number of H-pyrrole nitrogens is 1. The van der Waals surface area contributed by atoms with Crippen molar-refractivity contribution < 1.29 is 38.5 Å². The molecule has 2 unspecified atom stereocenters. The van der Waals surface area contributed by atoms with Gasteiger partial charge in [-0.05, 0) is 12.8 Å². The predicted octanol–water partition coefficient (Wildman–Crippen LogP) is 3.39. The fourth-order valence-corrected chi connectivity index (χ4v) is 5.10. The Bertz CT molecular complexity index is 953. The molecule has 0 aliphatic carbocycles. The third kappa shape index (κ3) is 11.8. The van der Waals surface area contributed by atoms with Gasteiger partial charge in [0.1, 0.15) is 12.2 Å². The van der Waals surface area contributed by atoms with Crippen molar-refractivity contribution in [2.45, 2.75) is 114 Å². The lowest BCUT2D eigenvalue weighted by atomic mass is 10.0. The smallest absolute Gasteiger partial charge is 0.481 e. The molecule has 0 bridgehead atoms. The van der Waals surface area contributed by atoms with Crippen molar-refractivity contribution in [2.24, 2.45) is 0 Å². The molecule has 0 radical (unpaired) electrons. The number of rotatable bonds is 21. The molecule has 2 rings (SSSR count). The summed E-state index contributed by atoms with van der Waals surface area (Å²) in [5.74, 6) is -0.715. The average molecular weight is 562 g/mol. The van der Waals surface area contributed by atoms with Gasteiger partial charge in [-0.3, -0.25) is 19.1 Å². The summed E-state index contributed by atoms with van der Waals surface area (Å²) in [4.78, 5) is 45.5. The van der Waals surface area contributed by atoms with Gasteiger partial charge in [0.25, 0.3) is 5.56 Å². The minimum atomic E-state index is -3.03. The first kappa shape index (κ1) is 32.3. The van der Waals surface area contributed by atoms with Crippen molar-refractivity contribution in [2.75, 3.05) is 13.2 Å². The molecular weight excluding hydrogens is 519 g/mol. The lowest BCUT2D eigenvalue weighted by Gasteiger charge is -2.20. The fraction of sp³-hybridized carbons (Fsp3) is 0.800. The molecule has 12 nitrogen and oxygen atoms in total. The average Bonchev–Trinajstić information content (AvgIpc) is 3.19. The van der Waals surface area contributed by atoms with Crippen LogP contribution in [0.25, 0.3) is 0 Å². The second kappa shape index (κ2) is 18.4. The number of aromatic amines is 1.